The number of hydrogen-bond donors (Lipinski definition) is 0. The summed E-state index contributed by atoms with van der Waals surface area (Å²) in [5.74, 6) is 0.530. The smallest absolute Gasteiger partial charge is 0.251 e. The number of hydrogen-bond acceptors (Lipinski definition) is 5. The molecule has 1 aliphatic rings. The summed E-state index contributed by atoms with van der Waals surface area (Å²) in [6.07, 6.45) is 3.25. The molecule has 2 rings (SSSR count). The van der Waals surface area contributed by atoms with Crippen LogP contribution in [0.25, 0.3) is 0 Å². The van der Waals surface area contributed by atoms with Crippen molar-refractivity contribution in [2.45, 2.75) is 30.3 Å². The van der Waals surface area contributed by atoms with Gasteiger partial charge < -0.3 is 14.4 Å². The number of sulfone groups is 1. The summed E-state index contributed by atoms with van der Waals surface area (Å²) in [5, 5.41) is 0. The fraction of sp³-hybridized carbons (Fsp3) is 0.562. The molecule has 1 atom stereocenters. The van der Waals surface area contributed by atoms with Gasteiger partial charge in [-0.1, -0.05) is 6.07 Å². The van der Waals surface area contributed by atoms with E-state index in [0.717, 1.165) is 19.1 Å². The summed E-state index contributed by atoms with van der Waals surface area (Å²) in [4.78, 5) is 14.0. The number of rotatable bonds is 7. The highest BCUT2D eigenvalue weighted by atomic mass is 32.2. The minimum atomic E-state index is -3.24. The Kier molecular flexibility index (Phi) is 6.01. The van der Waals surface area contributed by atoms with Crippen molar-refractivity contribution in [3.63, 3.8) is 0 Å². The van der Waals surface area contributed by atoms with Gasteiger partial charge in [0.1, 0.15) is 11.9 Å². The monoisotopic (exact) mass is 341 g/mol. The van der Waals surface area contributed by atoms with Crippen LogP contribution >= 0.6 is 0 Å². The minimum absolute atomic E-state index is 0.0153. The van der Waals surface area contributed by atoms with Crippen molar-refractivity contribution < 1.29 is 22.7 Å². The van der Waals surface area contributed by atoms with Crippen LogP contribution in [0.4, 0.5) is 0 Å². The Morgan fingerprint density at radius 3 is 2.87 bits per heavy atom. The van der Waals surface area contributed by atoms with Crippen molar-refractivity contribution in [1.82, 2.24) is 4.90 Å². The Hall–Kier alpha value is -1.60. The van der Waals surface area contributed by atoms with E-state index < -0.39 is 9.84 Å². The Balaban J connectivity index is 1.76. The van der Waals surface area contributed by atoms with Gasteiger partial charge in [0.05, 0.1) is 11.5 Å². The van der Waals surface area contributed by atoms with E-state index in [4.69, 9.17) is 9.47 Å². The summed E-state index contributed by atoms with van der Waals surface area (Å²) >= 11 is 0. The molecule has 0 N–H and O–H groups in total. The van der Waals surface area contributed by atoms with E-state index in [1.165, 1.54) is 12.1 Å². The second-order valence-electron chi connectivity index (χ2n) is 5.71. The SMILES string of the molecule is CN(CCCOc1cccc(S(C)(=O)=O)c1)C(=O)C1CCCO1. The molecule has 1 amide bonds. The van der Waals surface area contributed by atoms with Crippen molar-refractivity contribution in [2.24, 2.45) is 0 Å². The molecule has 128 valence electrons. The molecule has 6 nitrogen and oxygen atoms in total. The third-order valence-electron chi connectivity index (χ3n) is 3.72. The van der Waals surface area contributed by atoms with Crippen molar-refractivity contribution in [1.29, 1.82) is 0 Å². The van der Waals surface area contributed by atoms with E-state index in [-0.39, 0.29) is 16.9 Å². The van der Waals surface area contributed by atoms with Crippen LogP contribution in [-0.2, 0) is 19.4 Å². The van der Waals surface area contributed by atoms with Gasteiger partial charge in [0.15, 0.2) is 9.84 Å². The van der Waals surface area contributed by atoms with Gasteiger partial charge in [-0.3, -0.25) is 4.79 Å². The molecule has 1 heterocycles. The molecule has 0 spiro atoms. The molecular formula is C16H23NO5S. The predicted octanol–water partition coefficient (Wildman–Crippen LogP) is 1.50. The van der Waals surface area contributed by atoms with E-state index in [1.807, 2.05) is 0 Å². The maximum absolute atomic E-state index is 12.1. The normalized spacial score (nSPS) is 17.9. The molecule has 0 aliphatic carbocycles. The summed E-state index contributed by atoms with van der Waals surface area (Å²) in [7, 11) is -1.48. The van der Waals surface area contributed by atoms with Crippen LogP contribution in [0.1, 0.15) is 19.3 Å². The summed E-state index contributed by atoms with van der Waals surface area (Å²) in [6, 6.07) is 6.42. The lowest BCUT2D eigenvalue weighted by Gasteiger charge is -2.20. The van der Waals surface area contributed by atoms with Gasteiger partial charge in [0, 0.05) is 26.5 Å². The van der Waals surface area contributed by atoms with Crippen molar-refractivity contribution >= 4 is 15.7 Å². The molecule has 0 bridgehead atoms. The molecular weight excluding hydrogens is 318 g/mol. The molecule has 1 aromatic carbocycles. The lowest BCUT2D eigenvalue weighted by molar-refractivity contribution is -0.139. The first-order valence-corrected chi connectivity index (χ1v) is 9.56. The lowest BCUT2D eigenvalue weighted by atomic mass is 10.2. The first-order valence-electron chi connectivity index (χ1n) is 7.67. The van der Waals surface area contributed by atoms with Crippen LogP contribution < -0.4 is 4.74 Å². The van der Waals surface area contributed by atoms with Crippen LogP contribution in [0.5, 0.6) is 5.75 Å². The van der Waals surface area contributed by atoms with E-state index in [1.54, 1.807) is 24.1 Å². The fourth-order valence-electron chi connectivity index (χ4n) is 2.41. The number of carbonyl (C=O) groups is 1. The van der Waals surface area contributed by atoms with Crippen LogP contribution in [0.3, 0.4) is 0 Å². The average molecular weight is 341 g/mol. The highest BCUT2D eigenvalue weighted by molar-refractivity contribution is 7.90. The lowest BCUT2D eigenvalue weighted by Crippen LogP contribution is -2.37. The van der Waals surface area contributed by atoms with Crippen molar-refractivity contribution in [3.8, 4) is 5.75 Å². The zero-order chi connectivity index (χ0) is 16.9. The zero-order valence-corrected chi connectivity index (χ0v) is 14.3. The van der Waals surface area contributed by atoms with E-state index >= 15 is 0 Å². The van der Waals surface area contributed by atoms with Crippen LogP contribution in [-0.4, -0.2) is 58.4 Å². The number of nitrogens with zero attached hydrogens (tertiary/aromatic N) is 1. The van der Waals surface area contributed by atoms with E-state index in [2.05, 4.69) is 0 Å². The van der Waals surface area contributed by atoms with E-state index in [0.29, 0.717) is 31.9 Å². The zero-order valence-electron chi connectivity index (χ0n) is 13.5. The maximum Gasteiger partial charge on any atom is 0.251 e. The number of benzene rings is 1. The number of amides is 1. The molecule has 1 fully saturated rings. The maximum atomic E-state index is 12.1. The van der Waals surface area contributed by atoms with Gasteiger partial charge in [-0.15, -0.1) is 0 Å². The first kappa shape index (κ1) is 17.7. The van der Waals surface area contributed by atoms with Crippen molar-refractivity contribution in [2.75, 3.05) is 33.1 Å². The molecule has 1 aliphatic heterocycles. The van der Waals surface area contributed by atoms with E-state index in [9.17, 15) is 13.2 Å². The quantitative estimate of drug-likeness (QED) is 0.703. The Labute approximate surface area is 137 Å². The molecule has 7 heteroatoms. The molecule has 0 aromatic heterocycles. The Morgan fingerprint density at radius 2 is 2.22 bits per heavy atom. The number of carbonyl (C=O) groups excluding carboxylic acids is 1. The van der Waals surface area contributed by atoms with Crippen molar-refractivity contribution in [3.05, 3.63) is 24.3 Å². The minimum Gasteiger partial charge on any atom is -0.493 e. The third-order valence-corrected chi connectivity index (χ3v) is 4.83. The van der Waals surface area contributed by atoms with Gasteiger partial charge >= 0.3 is 0 Å². The topological polar surface area (TPSA) is 72.9 Å². The van der Waals surface area contributed by atoms with Gasteiger partial charge in [-0.05, 0) is 37.5 Å². The Bertz CT molecular complexity index is 638. The van der Waals surface area contributed by atoms with Gasteiger partial charge in [0.25, 0.3) is 5.91 Å². The highest BCUT2D eigenvalue weighted by Crippen LogP contribution is 2.18. The summed E-state index contributed by atoms with van der Waals surface area (Å²) in [5.41, 5.74) is 0. The molecule has 0 saturated carbocycles. The second-order valence-corrected chi connectivity index (χ2v) is 7.73. The van der Waals surface area contributed by atoms with Gasteiger partial charge in [0.2, 0.25) is 0 Å². The highest BCUT2D eigenvalue weighted by Gasteiger charge is 2.26. The molecule has 1 aromatic rings. The first-order chi connectivity index (χ1) is 10.9. The third kappa shape index (κ3) is 5.21. The Morgan fingerprint density at radius 1 is 1.43 bits per heavy atom. The summed E-state index contributed by atoms with van der Waals surface area (Å²) < 4.78 is 33.9. The molecule has 1 unspecified atom stereocenters. The van der Waals surface area contributed by atoms with Gasteiger partial charge in [-0.25, -0.2) is 8.42 Å². The summed E-state index contributed by atoms with van der Waals surface area (Å²) in [6.45, 7) is 1.64. The molecule has 1 saturated heterocycles. The number of likely N-dealkylation sites (N-methyl/N-ethyl adjacent to an activating group) is 1. The second kappa shape index (κ2) is 7.79. The largest absolute Gasteiger partial charge is 0.493 e. The fourth-order valence-corrected chi connectivity index (χ4v) is 3.07. The van der Waals surface area contributed by atoms with Gasteiger partial charge in [-0.2, -0.15) is 0 Å². The van der Waals surface area contributed by atoms with Crippen LogP contribution in [0, 0.1) is 0 Å². The molecule has 0 radical (unpaired) electrons. The number of ether oxygens (including phenoxy) is 2. The molecule has 23 heavy (non-hydrogen) atoms. The standard InChI is InChI=1S/C16H23NO5S/c1-17(16(18)15-8-4-10-22-15)9-5-11-21-13-6-3-7-14(12-13)23(2,19)20/h3,6-7,12,15H,4-5,8-11H2,1-2H3. The van der Waals surface area contributed by atoms with Crippen LogP contribution in [0.15, 0.2) is 29.2 Å². The predicted molar refractivity (Wildman–Crippen MR) is 86.3 cm³/mol. The average Bonchev–Trinajstić information content (AvgIpc) is 3.04. The van der Waals surface area contributed by atoms with Crippen LogP contribution in [0.2, 0.25) is 0 Å².